The minimum atomic E-state index is -0.687. The molecule has 0 radical (unpaired) electrons. The molecule has 1 aromatic rings. The number of nitrogens with one attached hydrogen (secondary N) is 2. The number of aliphatic hydroxyl groups is 1. The molecule has 1 aliphatic rings. The van der Waals surface area contributed by atoms with Crippen LogP contribution < -0.4 is 10.6 Å². The van der Waals surface area contributed by atoms with Crippen LogP contribution in [0.25, 0.3) is 0 Å². The summed E-state index contributed by atoms with van der Waals surface area (Å²) in [7, 11) is 0. The lowest BCUT2D eigenvalue weighted by Crippen LogP contribution is -2.57. The predicted octanol–water partition coefficient (Wildman–Crippen LogP) is 1.21. The summed E-state index contributed by atoms with van der Waals surface area (Å²) in [6.07, 6.45) is 6.06. The molecule has 1 heterocycles. The summed E-state index contributed by atoms with van der Waals surface area (Å²) in [5, 5.41) is 15.1. The van der Waals surface area contributed by atoms with Crippen LogP contribution in [0.3, 0.4) is 0 Å². The minimum absolute atomic E-state index is 0.0718. The topological polar surface area (TPSA) is 91.6 Å². The standard InChI is InChI=1S/C15H22N2O4/c1-11(16-14(20)12-6-5-9-21-12)13(19)17-15(10-18)7-3-2-4-8-15/h5-6,9,11,18H,2-4,7-8,10H2,1H3,(H,16,20)(H,17,19). The van der Waals surface area contributed by atoms with E-state index < -0.39 is 17.5 Å². The number of carbonyl (C=O) groups excluding carboxylic acids is 2. The summed E-state index contributed by atoms with van der Waals surface area (Å²) in [6.45, 7) is 1.54. The third kappa shape index (κ3) is 3.85. The van der Waals surface area contributed by atoms with Crippen molar-refractivity contribution in [3.63, 3.8) is 0 Å². The highest BCUT2D eigenvalue weighted by atomic mass is 16.3. The van der Waals surface area contributed by atoms with Crippen molar-refractivity contribution in [1.29, 1.82) is 0 Å². The molecule has 1 atom stereocenters. The van der Waals surface area contributed by atoms with Crippen LogP contribution in [0.1, 0.15) is 49.6 Å². The summed E-state index contributed by atoms with van der Waals surface area (Å²) in [5.41, 5.74) is -0.543. The summed E-state index contributed by atoms with van der Waals surface area (Å²) < 4.78 is 4.98. The average Bonchev–Trinajstić information content (AvgIpc) is 3.02. The molecule has 0 aromatic carbocycles. The number of carbonyl (C=O) groups is 2. The first-order valence-electron chi connectivity index (χ1n) is 7.34. The van der Waals surface area contributed by atoms with Crippen molar-refractivity contribution in [2.24, 2.45) is 0 Å². The number of aliphatic hydroxyl groups excluding tert-OH is 1. The van der Waals surface area contributed by atoms with E-state index in [1.807, 2.05) is 0 Å². The van der Waals surface area contributed by atoms with Gasteiger partial charge in [0.1, 0.15) is 6.04 Å². The Hall–Kier alpha value is -1.82. The van der Waals surface area contributed by atoms with Crippen LogP contribution >= 0.6 is 0 Å². The van der Waals surface area contributed by atoms with E-state index in [1.54, 1.807) is 13.0 Å². The average molecular weight is 294 g/mol. The number of hydrogen-bond donors (Lipinski definition) is 3. The van der Waals surface area contributed by atoms with Gasteiger partial charge >= 0.3 is 0 Å². The number of amides is 2. The van der Waals surface area contributed by atoms with Crippen molar-refractivity contribution < 1.29 is 19.1 Å². The molecular formula is C15H22N2O4. The van der Waals surface area contributed by atoms with Crippen LogP contribution in [-0.4, -0.2) is 35.1 Å². The van der Waals surface area contributed by atoms with E-state index in [1.165, 1.54) is 12.3 Å². The zero-order chi connectivity index (χ0) is 15.3. The lowest BCUT2D eigenvalue weighted by molar-refractivity contribution is -0.125. The van der Waals surface area contributed by atoms with Gasteiger partial charge in [-0.1, -0.05) is 19.3 Å². The zero-order valence-electron chi connectivity index (χ0n) is 12.2. The molecule has 2 rings (SSSR count). The van der Waals surface area contributed by atoms with E-state index in [2.05, 4.69) is 10.6 Å². The molecule has 1 aliphatic carbocycles. The Bertz CT molecular complexity index is 478. The molecule has 6 heteroatoms. The molecule has 116 valence electrons. The van der Waals surface area contributed by atoms with Gasteiger partial charge in [0, 0.05) is 0 Å². The van der Waals surface area contributed by atoms with Crippen LogP contribution in [0, 0.1) is 0 Å². The number of furan rings is 1. The lowest BCUT2D eigenvalue weighted by atomic mass is 9.82. The van der Waals surface area contributed by atoms with Gasteiger partial charge in [0.25, 0.3) is 5.91 Å². The van der Waals surface area contributed by atoms with Crippen LogP contribution in [-0.2, 0) is 4.79 Å². The maximum Gasteiger partial charge on any atom is 0.287 e. The molecule has 1 saturated carbocycles. The first-order chi connectivity index (χ1) is 10.1. The summed E-state index contributed by atoms with van der Waals surface area (Å²) in [6, 6.07) is 2.46. The van der Waals surface area contributed by atoms with Gasteiger partial charge in [0.15, 0.2) is 5.76 Å². The normalized spacial score (nSPS) is 18.8. The molecule has 6 nitrogen and oxygen atoms in total. The maximum absolute atomic E-state index is 12.2. The van der Waals surface area contributed by atoms with Crippen molar-refractivity contribution in [3.8, 4) is 0 Å². The second-order valence-electron chi connectivity index (χ2n) is 5.66. The third-order valence-electron chi connectivity index (χ3n) is 3.99. The van der Waals surface area contributed by atoms with E-state index in [-0.39, 0.29) is 18.3 Å². The zero-order valence-corrected chi connectivity index (χ0v) is 12.2. The van der Waals surface area contributed by atoms with Crippen molar-refractivity contribution in [2.75, 3.05) is 6.61 Å². The van der Waals surface area contributed by atoms with Gasteiger partial charge in [-0.05, 0) is 31.9 Å². The fraction of sp³-hybridized carbons (Fsp3) is 0.600. The first-order valence-corrected chi connectivity index (χ1v) is 7.34. The van der Waals surface area contributed by atoms with E-state index in [4.69, 9.17) is 4.42 Å². The molecule has 0 saturated heterocycles. The Morgan fingerprint density at radius 1 is 1.38 bits per heavy atom. The molecule has 3 N–H and O–H groups in total. The first kappa shape index (κ1) is 15.6. The van der Waals surface area contributed by atoms with Gasteiger partial charge in [0.2, 0.25) is 5.91 Å². The fourth-order valence-corrected chi connectivity index (χ4v) is 2.66. The van der Waals surface area contributed by atoms with Crippen LogP contribution in [0.4, 0.5) is 0 Å². The monoisotopic (exact) mass is 294 g/mol. The van der Waals surface area contributed by atoms with Crippen molar-refractivity contribution in [1.82, 2.24) is 10.6 Å². The van der Waals surface area contributed by atoms with Gasteiger partial charge in [-0.2, -0.15) is 0 Å². The molecule has 1 unspecified atom stereocenters. The number of rotatable bonds is 5. The van der Waals surface area contributed by atoms with Crippen molar-refractivity contribution >= 4 is 11.8 Å². The number of hydrogen-bond acceptors (Lipinski definition) is 4. The van der Waals surface area contributed by atoms with Crippen molar-refractivity contribution in [3.05, 3.63) is 24.2 Å². The summed E-state index contributed by atoms with van der Waals surface area (Å²) >= 11 is 0. The highest BCUT2D eigenvalue weighted by Gasteiger charge is 2.34. The highest BCUT2D eigenvalue weighted by Crippen LogP contribution is 2.27. The van der Waals surface area contributed by atoms with E-state index in [9.17, 15) is 14.7 Å². The fourth-order valence-electron chi connectivity index (χ4n) is 2.66. The Labute approximate surface area is 123 Å². The van der Waals surface area contributed by atoms with E-state index in [0.717, 1.165) is 32.1 Å². The Kier molecular flexibility index (Phi) is 5.01. The van der Waals surface area contributed by atoms with Gasteiger partial charge in [-0.15, -0.1) is 0 Å². The van der Waals surface area contributed by atoms with Gasteiger partial charge in [-0.3, -0.25) is 9.59 Å². The molecule has 0 aliphatic heterocycles. The Morgan fingerprint density at radius 3 is 2.67 bits per heavy atom. The Morgan fingerprint density at radius 2 is 2.10 bits per heavy atom. The highest BCUT2D eigenvalue weighted by molar-refractivity contribution is 5.95. The molecule has 21 heavy (non-hydrogen) atoms. The maximum atomic E-state index is 12.2. The second-order valence-corrected chi connectivity index (χ2v) is 5.66. The SMILES string of the molecule is CC(NC(=O)c1ccco1)C(=O)NC1(CO)CCCCC1. The van der Waals surface area contributed by atoms with Gasteiger partial charge in [0.05, 0.1) is 18.4 Å². The van der Waals surface area contributed by atoms with Crippen molar-refractivity contribution in [2.45, 2.75) is 50.6 Å². The third-order valence-corrected chi connectivity index (χ3v) is 3.99. The summed E-state index contributed by atoms with van der Waals surface area (Å²) in [5.74, 6) is -0.542. The second kappa shape index (κ2) is 6.76. The van der Waals surface area contributed by atoms with Crippen LogP contribution in [0.2, 0.25) is 0 Å². The molecular weight excluding hydrogens is 272 g/mol. The molecule has 0 spiro atoms. The lowest BCUT2D eigenvalue weighted by Gasteiger charge is -2.37. The quantitative estimate of drug-likeness (QED) is 0.761. The summed E-state index contributed by atoms with van der Waals surface area (Å²) in [4.78, 5) is 24.0. The predicted molar refractivity (Wildman–Crippen MR) is 76.7 cm³/mol. The Balaban J connectivity index is 1.91. The van der Waals surface area contributed by atoms with E-state index in [0.29, 0.717) is 0 Å². The molecule has 2 amide bonds. The smallest absolute Gasteiger partial charge is 0.287 e. The molecule has 1 aromatic heterocycles. The molecule has 0 bridgehead atoms. The molecule has 1 fully saturated rings. The largest absolute Gasteiger partial charge is 0.459 e. The minimum Gasteiger partial charge on any atom is -0.459 e. The van der Waals surface area contributed by atoms with Gasteiger partial charge in [-0.25, -0.2) is 0 Å². The van der Waals surface area contributed by atoms with Gasteiger partial charge < -0.3 is 20.2 Å². The van der Waals surface area contributed by atoms with Crippen LogP contribution in [0.15, 0.2) is 22.8 Å². The van der Waals surface area contributed by atoms with E-state index >= 15 is 0 Å². The van der Waals surface area contributed by atoms with Crippen LogP contribution in [0.5, 0.6) is 0 Å².